The fourth-order valence-electron chi connectivity index (χ4n) is 3.14. The lowest BCUT2D eigenvalue weighted by Crippen LogP contribution is -2.37. The smallest absolute Gasteiger partial charge is 0.224 e. The Balaban J connectivity index is 2.19. The molecule has 0 bridgehead atoms. The highest BCUT2D eigenvalue weighted by Crippen LogP contribution is 2.34. The molecule has 0 aliphatic carbocycles. The third-order valence-corrected chi connectivity index (χ3v) is 5.32. The van der Waals surface area contributed by atoms with Crippen LogP contribution in [0, 0.1) is 11.8 Å². The fourth-order valence-corrected chi connectivity index (χ4v) is 3.29. The Morgan fingerprint density at radius 1 is 1.17 bits per heavy atom. The van der Waals surface area contributed by atoms with Crippen molar-refractivity contribution in [2.75, 3.05) is 7.11 Å². The molecule has 1 aliphatic rings. The van der Waals surface area contributed by atoms with Gasteiger partial charge in [0.05, 0.1) is 26.2 Å². The predicted molar refractivity (Wildman–Crippen MR) is 114 cm³/mol. The molecule has 1 aromatic rings. The first-order valence-corrected chi connectivity index (χ1v) is 10.5. The van der Waals surface area contributed by atoms with Gasteiger partial charge in [-0.3, -0.25) is 4.79 Å². The first-order chi connectivity index (χ1) is 13.6. The Labute approximate surface area is 179 Å². The van der Waals surface area contributed by atoms with Gasteiger partial charge >= 0.3 is 0 Å². The predicted octanol–water partition coefficient (Wildman–Crippen LogP) is 5.10. The molecule has 1 aromatic carbocycles. The third-order valence-electron chi connectivity index (χ3n) is 5.16. The molecule has 0 aromatic heterocycles. The molecule has 0 N–H and O–H groups in total. The van der Waals surface area contributed by atoms with E-state index in [9.17, 15) is 4.79 Å². The number of benzene rings is 1. The Bertz CT molecular complexity index is 683. The van der Waals surface area contributed by atoms with E-state index >= 15 is 0 Å². The van der Waals surface area contributed by atoms with Gasteiger partial charge in [0.25, 0.3) is 0 Å². The standard InChI is InChI=1S/C23H33ClO5/c1-15(2)16(3)7-12-19(27-14-17-8-10-18(26-6)11-9-17)22-20(13-21(24)25)28-23(4,5)29-22/h7-12,15-16,19-20,22H,13-14H2,1-6H3/b12-7-/t16-,19?,20+,22-/m1/s1. The highest BCUT2D eigenvalue weighted by molar-refractivity contribution is 6.63. The van der Waals surface area contributed by atoms with Crippen LogP contribution >= 0.6 is 11.6 Å². The zero-order valence-electron chi connectivity index (χ0n) is 18.2. The number of methoxy groups -OCH3 is 1. The van der Waals surface area contributed by atoms with Gasteiger partial charge in [0.1, 0.15) is 18.0 Å². The van der Waals surface area contributed by atoms with Crippen LogP contribution in [-0.4, -0.2) is 36.5 Å². The summed E-state index contributed by atoms with van der Waals surface area (Å²) in [7, 11) is 1.64. The Morgan fingerprint density at radius 3 is 2.38 bits per heavy atom. The van der Waals surface area contributed by atoms with Crippen molar-refractivity contribution in [3.05, 3.63) is 42.0 Å². The van der Waals surface area contributed by atoms with Gasteiger partial charge in [-0.1, -0.05) is 45.1 Å². The first-order valence-electron chi connectivity index (χ1n) is 10.1. The summed E-state index contributed by atoms with van der Waals surface area (Å²) in [5, 5.41) is -0.449. The van der Waals surface area contributed by atoms with Gasteiger partial charge in [0, 0.05) is 0 Å². The zero-order valence-corrected chi connectivity index (χ0v) is 18.9. The lowest BCUT2D eigenvalue weighted by atomic mass is 9.96. The molecule has 4 atom stereocenters. The number of allylic oxidation sites excluding steroid dienone is 1. The van der Waals surface area contributed by atoms with E-state index in [1.807, 2.05) is 44.2 Å². The second-order valence-electron chi connectivity index (χ2n) is 8.31. The maximum atomic E-state index is 11.5. The van der Waals surface area contributed by atoms with Crippen LogP contribution < -0.4 is 4.74 Å². The number of rotatable bonds is 10. The van der Waals surface area contributed by atoms with Crippen LogP contribution in [-0.2, 0) is 25.6 Å². The normalized spacial score (nSPS) is 23.4. The van der Waals surface area contributed by atoms with Crippen LogP contribution in [0.5, 0.6) is 5.75 Å². The van der Waals surface area contributed by atoms with E-state index in [2.05, 4.69) is 26.8 Å². The quantitative estimate of drug-likeness (QED) is 0.386. The van der Waals surface area contributed by atoms with Crippen LogP contribution in [0.25, 0.3) is 0 Å². The summed E-state index contributed by atoms with van der Waals surface area (Å²) in [6.07, 6.45) is 2.97. The van der Waals surface area contributed by atoms with Crippen molar-refractivity contribution in [1.29, 1.82) is 0 Å². The second-order valence-corrected chi connectivity index (χ2v) is 8.73. The number of halogens is 1. The van der Waals surface area contributed by atoms with E-state index in [0.29, 0.717) is 18.4 Å². The van der Waals surface area contributed by atoms with Crippen molar-refractivity contribution in [3.63, 3.8) is 0 Å². The Hall–Kier alpha value is -1.40. The zero-order chi connectivity index (χ0) is 21.6. The maximum Gasteiger partial charge on any atom is 0.224 e. The highest BCUT2D eigenvalue weighted by atomic mass is 35.5. The minimum atomic E-state index is -0.805. The van der Waals surface area contributed by atoms with Crippen LogP contribution in [0.2, 0.25) is 0 Å². The molecule has 0 spiro atoms. The molecule has 29 heavy (non-hydrogen) atoms. The van der Waals surface area contributed by atoms with E-state index in [-0.39, 0.29) is 12.5 Å². The third kappa shape index (κ3) is 7.41. The Kier molecular flexibility index (Phi) is 8.71. The topological polar surface area (TPSA) is 54.0 Å². The molecule has 5 nitrogen and oxygen atoms in total. The van der Waals surface area contributed by atoms with Gasteiger partial charge in [-0.05, 0) is 55.0 Å². The number of hydrogen-bond acceptors (Lipinski definition) is 5. The maximum absolute atomic E-state index is 11.5. The lowest BCUT2D eigenvalue weighted by molar-refractivity contribution is -0.156. The number of carbonyl (C=O) groups excluding carboxylic acids is 1. The molecule has 6 heteroatoms. The molecule has 1 heterocycles. The van der Waals surface area contributed by atoms with Gasteiger partial charge in [-0.25, -0.2) is 0 Å². The number of hydrogen-bond donors (Lipinski definition) is 0. The molecule has 1 saturated heterocycles. The Morgan fingerprint density at radius 2 is 1.83 bits per heavy atom. The van der Waals surface area contributed by atoms with E-state index in [0.717, 1.165) is 11.3 Å². The molecule has 1 fully saturated rings. The minimum Gasteiger partial charge on any atom is -0.497 e. The summed E-state index contributed by atoms with van der Waals surface area (Å²) in [6.45, 7) is 10.6. The fraction of sp³-hybridized carbons (Fsp3) is 0.609. The molecular weight excluding hydrogens is 392 g/mol. The first kappa shape index (κ1) is 23.9. The van der Waals surface area contributed by atoms with Crippen molar-refractivity contribution < 1.29 is 23.7 Å². The highest BCUT2D eigenvalue weighted by Gasteiger charge is 2.45. The molecule has 1 aliphatic heterocycles. The molecule has 162 valence electrons. The number of ether oxygens (including phenoxy) is 4. The SMILES string of the molecule is COc1ccc(COC(/C=C\[C@@H](C)C(C)C)[C@H]2OC(C)(C)O[C@H]2CC(=O)Cl)cc1. The average molecular weight is 425 g/mol. The monoisotopic (exact) mass is 424 g/mol. The van der Waals surface area contributed by atoms with Crippen molar-refractivity contribution in [1.82, 2.24) is 0 Å². The average Bonchev–Trinajstić information content (AvgIpc) is 2.95. The minimum absolute atomic E-state index is 0.0750. The van der Waals surface area contributed by atoms with E-state index in [4.69, 9.17) is 30.5 Å². The van der Waals surface area contributed by atoms with Crippen LogP contribution in [0.3, 0.4) is 0 Å². The van der Waals surface area contributed by atoms with Gasteiger partial charge < -0.3 is 18.9 Å². The second kappa shape index (κ2) is 10.6. The summed E-state index contributed by atoms with van der Waals surface area (Å²) in [5.74, 6) is 0.878. The van der Waals surface area contributed by atoms with Crippen molar-refractivity contribution in [2.45, 2.75) is 71.7 Å². The number of carbonyl (C=O) groups is 1. The summed E-state index contributed by atoms with van der Waals surface area (Å²) >= 11 is 5.65. The summed E-state index contributed by atoms with van der Waals surface area (Å²) in [5.41, 5.74) is 1.02. The van der Waals surface area contributed by atoms with Gasteiger partial charge in [0.15, 0.2) is 5.79 Å². The van der Waals surface area contributed by atoms with Crippen molar-refractivity contribution >= 4 is 16.8 Å². The van der Waals surface area contributed by atoms with Crippen LogP contribution in [0.4, 0.5) is 0 Å². The summed E-state index contributed by atoms with van der Waals surface area (Å²) < 4.78 is 23.5. The van der Waals surface area contributed by atoms with Gasteiger partial charge in [-0.2, -0.15) is 0 Å². The lowest BCUT2D eigenvalue weighted by Gasteiger charge is -2.25. The molecular formula is C23H33ClO5. The van der Waals surface area contributed by atoms with Crippen molar-refractivity contribution in [3.8, 4) is 5.75 Å². The molecule has 2 rings (SSSR count). The largest absolute Gasteiger partial charge is 0.497 e. The van der Waals surface area contributed by atoms with E-state index in [1.54, 1.807) is 7.11 Å². The van der Waals surface area contributed by atoms with E-state index < -0.39 is 23.2 Å². The molecule has 0 saturated carbocycles. The molecule has 0 radical (unpaired) electrons. The summed E-state index contributed by atoms with van der Waals surface area (Å²) in [6, 6.07) is 7.73. The van der Waals surface area contributed by atoms with Gasteiger partial charge in [0.2, 0.25) is 5.24 Å². The van der Waals surface area contributed by atoms with E-state index in [1.165, 1.54) is 0 Å². The van der Waals surface area contributed by atoms with Gasteiger partial charge in [-0.15, -0.1) is 0 Å². The summed E-state index contributed by atoms with van der Waals surface area (Å²) in [4.78, 5) is 11.5. The van der Waals surface area contributed by atoms with Crippen LogP contribution in [0.15, 0.2) is 36.4 Å². The van der Waals surface area contributed by atoms with Crippen molar-refractivity contribution in [2.24, 2.45) is 11.8 Å². The molecule has 1 unspecified atom stereocenters. The molecule has 0 amide bonds. The van der Waals surface area contributed by atoms with Crippen LogP contribution in [0.1, 0.15) is 46.6 Å².